The summed E-state index contributed by atoms with van der Waals surface area (Å²) < 4.78 is 1.75. The van der Waals surface area contributed by atoms with Gasteiger partial charge in [0.15, 0.2) is 0 Å². The zero-order valence-corrected chi connectivity index (χ0v) is 6.12. The minimum Gasteiger partial charge on any atom is -0.275 e. The van der Waals surface area contributed by atoms with E-state index in [1.54, 1.807) is 10.9 Å². The Morgan fingerprint density at radius 2 is 2.62 bits per heavy atom. The van der Waals surface area contributed by atoms with E-state index in [4.69, 9.17) is 0 Å². The average Bonchev–Trinajstić information content (AvgIpc) is 2.14. The normalized spacial score (nSPS) is 9.75. The van der Waals surface area contributed by atoms with Crippen molar-refractivity contribution in [1.82, 2.24) is 9.78 Å². The van der Waals surface area contributed by atoms with Crippen LogP contribution in [-0.2, 0) is 7.05 Å². The fourth-order valence-electron chi connectivity index (χ4n) is 0.446. The molecule has 1 aromatic heterocycles. The summed E-state index contributed by atoms with van der Waals surface area (Å²) in [6, 6.07) is 0. The van der Waals surface area contributed by atoms with E-state index >= 15 is 0 Å². The molecule has 1 heterocycles. The lowest BCUT2D eigenvalue weighted by Crippen LogP contribution is -1.83. The summed E-state index contributed by atoms with van der Waals surface area (Å²) in [5.41, 5.74) is 0. The van der Waals surface area contributed by atoms with Crippen LogP contribution in [0.15, 0.2) is 17.3 Å². The highest BCUT2D eigenvalue weighted by Crippen LogP contribution is 2.18. The van der Waals surface area contributed by atoms with Crippen molar-refractivity contribution >= 4 is 22.5 Å². The molecule has 8 heavy (non-hydrogen) atoms. The first kappa shape index (κ1) is 6.04. The summed E-state index contributed by atoms with van der Waals surface area (Å²) in [7, 11) is 3.28. The lowest BCUT2D eigenvalue weighted by atomic mass is 10.7. The summed E-state index contributed by atoms with van der Waals surface area (Å²) in [6.07, 6.45) is 3.69. The van der Waals surface area contributed by atoms with Gasteiger partial charge in [0.25, 0.3) is 0 Å². The Hall–Kier alpha value is -0.0900. The molecule has 1 rings (SSSR count). The van der Waals surface area contributed by atoms with Crippen LogP contribution < -0.4 is 0 Å². The number of hydrogen-bond acceptors (Lipinski definition) is 3. The van der Waals surface area contributed by atoms with Gasteiger partial charge in [-0.3, -0.25) is 4.68 Å². The Bertz CT molecular complexity index is 172. The Labute approximate surface area is 57.1 Å². The number of hydrogen-bond donors (Lipinski definition) is 1. The quantitative estimate of drug-likeness (QED) is 0.476. The smallest absolute Gasteiger partial charge is 0.0634 e. The van der Waals surface area contributed by atoms with Crippen molar-refractivity contribution in [2.75, 3.05) is 0 Å². The first-order valence-electron chi connectivity index (χ1n) is 2.13. The third-order valence-electron chi connectivity index (χ3n) is 0.787. The minimum absolute atomic E-state index is 1.08. The third kappa shape index (κ3) is 1.20. The average molecular weight is 146 g/mol. The monoisotopic (exact) mass is 146 g/mol. The van der Waals surface area contributed by atoms with Crippen LogP contribution in [0.3, 0.4) is 0 Å². The molecule has 0 saturated heterocycles. The molecule has 0 unspecified atom stereocenters. The van der Waals surface area contributed by atoms with E-state index in [0.717, 1.165) is 4.90 Å². The van der Waals surface area contributed by atoms with E-state index in [0.29, 0.717) is 0 Å². The molecule has 0 saturated carbocycles. The van der Waals surface area contributed by atoms with Crippen LogP contribution in [0, 0.1) is 0 Å². The van der Waals surface area contributed by atoms with Crippen molar-refractivity contribution in [2.24, 2.45) is 7.05 Å². The summed E-state index contributed by atoms with van der Waals surface area (Å²) in [4.78, 5) is 1.08. The molecule has 0 aliphatic heterocycles. The Morgan fingerprint density at radius 1 is 1.88 bits per heavy atom. The SMILES string of the molecule is Cn1cc(SS)cn1. The number of aromatic nitrogens is 2. The molecular formula is C4H6N2S2. The van der Waals surface area contributed by atoms with Crippen LogP contribution in [0.5, 0.6) is 0 Å². The van der Waals surface area contributed by atoms with Gasteiger partial charge in [-0.15, -0.1) is 11.7 Å². The van der Waals surface area contributed by atoms with Crippen molar-refractivity contribution in [3.63, 3.8) is 0 Å². The molecule has 0 atom stereocenters. The van der Waals surface area contributed by atoms with Crippen molar-refractivity contribution in [3.8, 4) is 0 Å². The van der Waals surface area contributed by atoms with Gasteiger partial charge in [0.2, 0.25) is 0 Å². The molecule has 1 aromatic rings. The highest BCUT2D eigenvalue weighted by Gasteiger charge is 1.89. The highest BCUT2D eigenvalue weighted by atomic mass is 33.1. The summed E-state index contributed by atoms with van der Waals surface area (Å²) in [6.45, 7) is 0. The summed E-state index contributed by atoms with van der Waals surface area (Å²) >= 11 is 3.99. The van der Waals surface area contributed by atoms with E-state index in [9.17, 15) is 0 Å². The maximum atomic E-state index is 3.99. The van der Waals surface area contributed by atoms with E-state index in [2.05, 4.69) is 16.8 Å². The summed E-state index contributed by atoms with van der Waals surface area (Å²) in [5, 5.41) is 3.93. The van der Waals surface area contributed by atoms with Crippen LogP contribution in [0.1, 0.15) is 0 Å². The molecule has 4 heteroatoms. The predicted molar refractivity (Wildman–Crippen MR) is 38.1 cm³/mol. The second-order valence-electron chi connectivity index (χ2n) is 1.44. The Kier molecular flexibility index (Phi) is 1.85. The minimum atomic E-state index is 1.08. The van der Waals surface area contributed by atoms with Gasteiger partial charge in [-0.25, -0.2) is 0 Å². The number of thiol groups is 1. The van der Waals surface area contributed by atoms with E-state index in [1.165, 1.54) is 10.8 Å². The fourth-order valence-corrected chi connectivity index (χ4v) is 1.02. The second-order valence-corrected chi connectivity index (χ2v) is 2.64. The summed E-state index contributed by atoms with van der Waals surface area (Å²) in [5.74, 6) is 0. The van der Waals surface area contributed by atoms with Crippen LogP contribution in [0.2, 0.25) is 0 Å². The van der Waals surface area contributed by atoms with Crippen LogP contribution in [-0.4, -0.2) is 9.78 Å². The van der Waals surface area contributed by atoms with Gasteiger partial charge in [-0.05, 0) is 0 Å². The van der Waals surface area contributed by atoms with E-state index < -0.39 is 0 Å². The van der Waals surface area contributed by atoms with Crippen molar-refractivity contribution in [1.29, 1.82) is 0 Å². The third-order valence-corrected chi connectivity index (χ3v) is 1.84. The Balaban J connectivity index is 2.84. The molecule has 44 valence electrons. The second kappa shape index (κ2) is 2.46. The first-order chi connectivity index (χ1) is 3.83. The van der Waals surface area contributed by atoms with Gasteiger partial charge in [0.1, 0.15) is 0 Å². The van der Waals surface area contributed by atoms with E-state index in [-0.39, 0.29) is 0 Å². The van der Waals surface area contributed by atoms with Crippen LogP contribution in [0.4, 0.5) is 0 Å². The molecule has 0 amide bonds. The topological polar surface area (TPSA) is 17.8 Å². The van der Waals surface area contributed by atoms with Crippen molar-refractivity contribution in [2.45, 2.75) is 4.90 Å². The van der Waals surface area contributed by atoms with Gasteiger partial charge in [0, 0.05) is 13.2 Å². The van der Waals surface area contributed by atoms with Gasteiger partial charge in [0.05, 0.1) is 11.1 Å². The molecule has 2 nitrogen and oxygen atoms in total. The Morgan fingerprint density at radius 3 is 2.88 bits per heavy atom. The largest absolute Gasteiger partial charge is 0.275 e. The zero-order chi connectivity index (χ0) is 5.98. The highest BCUT2D eigenvalue weighted by molar-refractivity contribution is 8.68. The lowest BCUT2D eigenvalue weighted by Gasteiger charge is -1.80. The zero-order valence-electron chi connectivity index (χ0n) is 4.40. The van der Waals surface area contributed by atoms with Crippen molar-refractivity contribution in [3.05, 3.63) is 12.4 Å². The van der Waals surface area contributed by atoms with Crippen LogP contribution in [0.25, 0.3) is 0 Å². The molecule has 0 N–H and O–H groups in total. The lowest BCUT2D eigenvalue weighted by molar-refractivity contribution is 0.766. The molecule has 0 bridgehead atoms. The first-order valence-corrected chi connectivity index (χ1v) is 4.00. The molecule has 0 aromatic carbocycles. The fraction of sp³-hybridized carbons (Fsp3) is 0.250. The van der Waals surface area contributed by atoms with E-state index in [1.807, 2.05) is 13.2 Å². The number of nitrogens with zero attached hydrogens (tertiary/aromatic N) is 2. The van der Waals surface area contributed by atoms with Gasteiger partial charge in [-0.1, -0.05) is 10.8 Å². The van der Waals surface area contributed by atoms with Gasteiger partial charge >= 0.3 is 0 Å². The molecule has 0 aliphatic rings. The van der Waals surface area contributed by atoms with Crippen molar-refractivity contribution < 1.29 is 0 Å². The standard InChI is InChI=1S/C4H6N2S2/c1-6-3-4(8-7)2-5-6/h2-3,7H,1H3. The van der Waals surface area contributed by atoms with Crippen LogP contribution >= 0.6 is 22.5 Å². The molecule has 0 aliphatic carbocycles. The maximum absolute atomic E-state index is 3.99. The number of rotatable bonds is 1. The van der Waals surface area contributed by atoms with Gasteiger partial charge in [-0.2, -0.15) is 5.10 Å². The van der Waals surface area contributed by atoms with Gasteiger partial charge < -0.3 is 0 Å². The molecule has 0 radical (unpaired) electrons. The molecule has 0 fully saturated rings. The molecule has 0 spiro atoms. The predicted octanol–water partition coefficient (Wildman–Crippen LogP) is 1.36. The molecular weight excluding hydrogens is 140 g/mol. The maximum Gasteiger partial charge on any atom is 0.0634 e. The number of aryl methyl sites for hydroxylation is 1.